The maximum absolute atomic E-state index is 12.3. The Balaban J connectivity index is 1.80. The Kier molecular flexibility index (Phi) is 4.75. The highest BCUT2D eigenvalue weighted by molar-refractivity contribution is 5.78. The van der Waals surface area contributed by atoms with Crippen LogP contribution in [0.25, 0.3) is 11.5 Å². The molecule has 0 unspecified atom stereocenters. The topological polar surface area (TPSA) is 123 Å². The Hall–Kier alpha value is -3.21. The fraction of sp³-hybridized carbons (Fsp3) is 0.353. The maximum Gasteiger partial charge on any atom is 0.254 e. The van der Waals surface area contributed by atoms with E-state index in [2.05, 4.69) is 15.0 Å². The first-order chi connectivity index (χ1) is 12.1. The largest absolute Gasteiger partial charge is 0.505 e. The second-order valence-corrected chi connectivity index (χ2v) is 5.91. The van der Waals surface area contributed by atoms with Gasteiger partial charge in [-0.25, -0.2) is 9.97 Å². The van der Waals surface area contributed by atoms with E-state index in [-0.39, 0.29) is 40.7 Å². The molecule has 0 aromatic carbocycles. The van der Waals surface area contributed by atoms with Crippen molar-refractivity contribution < 1.29 is 9.90 Å². The number of hydrogen-bond acceptors (Lipinski definition) is 6. The quantitative estimate of drug-likeness (QED) is 0.859. The number of pyridine rings is 1. The molecule has 1 aliphatic heterocycles. The van der Waals surface area contributed by atoms with Crippen LogP contribution >= 0.6 is 0 Å². The van der Waals surface area contributed by atoms with Crippen LogP contribution in [0.15, 0.2) is 23.3 Å². The molecule has 8 heteroatoms. The third kappa shape index (κ3) is 3.66. The van der Waals surface area contributed by atoms with Crippen LogP contribution in [-0.4, -0.2) is 44.0 Å². The summed E-state index contributed by atoms with van der Waals surface area (Å²) in [4.78, 5) is 36.8. The first kappa shape index (κ1) is 16.6. The van der Waals surface area contributed by atoms with Crippen LogP contribution in [0.1, 0.15) is 30.4 Å². The monoisotopic (exact) mass is 339 g/mol. The van der Waals surface area contributed by atoms with Crippen molar-refractivity contribution in [3.05, 3.63) is 39.9 Å². The number of piperidine rings is 1. The molecule has 3 rings (SSSR count). The van der Waals surface area contributed by atoms with Crippen molar-refractivity contribution in [3.8, 4) is 23.3 Å². The lowest BCUT2D eigenvalue weighted by atomic mass is 10.1. The van der Waals surface area contributed by atoms with Crippen molar-refractivity contribution in [1.29, 1.82) is 5.26 Å². The zero-order chi connectivity index (χ0) is 17.8. The molecule has 0 radical (unpaired) electrons. The summed E-state index contributed by atoms with van der Waals surface area (Å²) in [5.74, 6) is -0.250. The number of nitrogens with zero attached hydrogens (tertiary/aromatic N) is 4. The van der Waals surface area contributed by atoms with E-state index >= 15 is 0 Å². The third-order valence-electron chi connectivity index (χ3n) is 4.14. The summed E-state index contributed by atoms with van der Waals surface area (Å²) >= 11 is 0. The molecule has 8 nitrogen and oxygen atoms in total. The number of amides is 1. The van der Waals surface area contributed by atoms with E-state index in [4.69, 9.17) is 5.26 Å². The van der Waals surface area contributed by atoms with Crippen LogP contribution in [-0.2, 0) is 11.2 Å². The van der Waals surface area contributed by atoms with Crippen LogP contribution in [0.2, 0.25) is 0 Å². The number of nitrogens with one attached hydrogen (secondary N) is 1. The van der Waals surface area contributed by atoms with E-state index in [1.54, 1.807) is 4.90 Å². The van der Waals surface area contributed by atoms with Gasteiger partial charge in [-0.15, -0.1) is 0 Å². The highest BCUT2D eigenvalue weighted by Crippen LogP contribution is 2.23. The standard InChI is InChI=1S/C17H17N5O3/c18-8-11-6-13(23)15(19-9-11)16-20-10-12(17(25)21-16)7-14(24)22-4-2-1-3-5-22/h6,9-10,23H,1-5,7H2,(H,20,21,25). The van der Waals surface area contributed by atoms with Gasteiger partial charge >= 0.3 is 0 Å². The number of likely N-dealkylation sites (tertiary alicyclic amines) is 1. The van der Waals surface area contributed by atoms with Crippen molar-refractivity contribution >= 4 is 5.91 Å². The van der Waals surface area contributed by atoms with Gasteiger partial charge in [-0.05, 0) is 19.3 Å². The smallest absolute Gasteiger partial charge is 0.254 e. The lowest BCUT2D eigenvalue weighted by Gasteiger charge is -2.26. The highest BCUT2D eigenvalue weighted by atomic mass is 16.3. The molecule has 1 saturated heterocycles. The summed E-state index contributed by atoms with van der Waals surface area (Å²) in [7, 11) is 0. The molecule has 1 aliphatic rings. The van der Waals surface area contributed by atoms with Gasteiger partial charge in [0.1, 0.15) is 17.5 Å². The predicted molar refractivity (Wildman–Crippen MR) is 88.6 cm³/mol. The fourth-order valence-electron chi connectivity index (χ4n) is 2.78. The van der Waals surface area contributed by atoms with Crippen molar-refractivity contribution in [3.63, 3.8) is 0 Å². The molecule has 3 heterocycles. The zero-order valence-electron chi connectivity index (χ0n) is 13.5. The number of carbonyl (C=O) groups excluding carboxylic acids is 1. The Morgan fingerprint density at radius 2 is 2.04 bits per heavy atom. The average molecular weight is 339 g/mol. The van der Waals surface area contributed by atoms with Gasteiger partial charge in [0.15, 0.2) is 5.82 Å². The Labute approximate surface area is 143 Å². The van der Waals surface area contributed by atoms with Gasteiger partial charge in [-0.2, -0.15) is 5.26 Å². The lowest BCUT2D eigenvalue weighted by Crippen LogP contribution is -2.37. The van der Waals surface area contributed by atoms with E-state index in [9.17, 15) is 14.7 Å². The van der Waals surface area contributed by atoms with Crippen LogP contribution in [0.4, 0.5) is 0 Å². The third-order valence-corrected chi connectivity index (χ3v) is 4.14. The number of hydrogen-bond donors (Lipinski definition) is 2. The van der Waals surface area contributed by atoms with Crippen LogP contribution in [0.5, 0.6) is 5.75 Å². The van der Waals surface area contributed by atoms with Gasteiger partial charge in [-0.1, -0.05) is 0 Å². The predicted octanol–water partition coefficient (Wildman–Crippen LogP) is 0.964. The zero-order valence-corrected chi connectivity index (χ0v) is 13.5. The summed E-state index contributed by atoms with van der Waals surface area (Å²) in [5.41, 5.74) is 0.103. The Morgan fingerprint density at radius 1 is 1.28 bits per heavy atom. The van der Waals surface area contributed by atoms with Gasteiger partial charge in [0.05, 0.1) is 12.0 Å². The maximum atomic E-state index is 12.3. The van der Waals surface area contributed by atoms with Crippen molar-refractivity contribution in [2.24, 2.45) is 0 Å². The van der Waals surface area contributed by atoms with Crippen molar-refractivity contribution in [2.45, 2.75) is 25.7 Å². The van der Waals surface area contributed by atoms with Crippen molar-refractivity contribution in [2.75, 3.05) is 13.1 Å². The molecular weight excluding hydrogens is 322 g/mol. The molecule has 0 aliphatic carbocycles. The van der Waals surface area contributed by atoms with Crippen molar-refractivity contribution in [1.82, 2.24) is 19.9 Å². The minimum absolute atomic E-state index is 0.00457. The minimum atomic E-state index is -0.444. The van der Waals surface area contributed by atoms with Gasteiger partial charge in [0.2, 0.25) is 5.91 Å². The number of aromatic nitrogens is 3. The molecule has 128 valence electrons. The van der Waals surface area contributed by atoms with Gasteiger partial charge in [-0.3, -0.25) is 9.59 Å². The number of aromatic amines is 1. The number of nitriles is 1. The first-order valence-electron chi connectivity index (χ1n) is 8.04. The number of carbonyl (C=O) groups is 1. The molecule has 0 atom stereocenters. The number of aromatic hydroxyl groups is 1. The van der Waals surface area contributed by atoms with Gasteiger partial charge < -0.3 is 15.0 Å². The van der Waals surface area contributed by atoms with E-state index in [0.29, 0.717) is 0 Å². The molecule has 2 N–H and O–H groups in total. The lowest BCUT2D eigenvalue weighted by molar-refractivity contribution is -0.131. The molecule has 25 heavy (non-hydrogen) atoms. The number of H-pyrrole nitrogens is 1. The fourth-order valence-corrected chi connectivity index (χ4v) is 2.78. The van der Waals surface area contributed by atoms with E-state index in [0.717, 1.165) is 32.4 Å². The molecule has 1 amide bonds. The summed E-state index contributed by atoms with van der Waals surface area (Å²) in [6.45, 7) is 1.45. The molecule has 0 bridgehead atoms. The minimum Gasteiger partial charge on any atom is -0.505 e. The average Bonchev–Trinajstić information content (AvgIpc) is 2.64. The first-order valence-corrected chi connectivity index (χ1v) is 8.04. The molecule has 1 fully saturated rings. The molecule has 2 aromatic heterocycles. The Morgan fingerprint density at radius 3 is 2.68 bits per heavy atom. The van der Waals surface area contributed by atoms with Crippen LogP contribution in [0, 0.1) is 11.3 Å². The summed E-state index contributed by atoms with van der Waals surface area (Å²) < 4.78 is 0. The van der Waals surface area contributed by atoms with E-state index < -0.39 is 5.56 Å². The number of rotatable bonds is 3. The summed E-state index contributed by atoms with van der Waals surface area (Å²) in [6.07, 6.45) is 5.71. The molecular formula is C17H17N5O3. The highest BCUT2D eigenvalue weighted by Gasteiger charge is 2.19. The summed E-state index contributed by atoms with van der Waals surface area (Å²) in [6, 6.07) is 3.11. The second kappa shape index (κ2) is 7.13. The van der Waals surface area contributed by atoms with Gasteiger partial charge in [0.25, 0.3) is 5.56 Å². The normalized spacial score (nSPS) is 14.1. The SMILES string of the molecule is N#Cc1cnc(-c2ncc(CC(=O)N3CCCCC3)c(=O)[nH]2)c(O)c1. The van der Waals surface area contributed by atoms with E-state index in [1.807, 2.05) is 6.07 Å². The van der Waals surface area contributed by atoms with Gasteiger partial charge in [0, 0.05) is 37.1 Å². The summed E-state index contributed by atoms with van der Waals surface area (Å²) in [5, 5.41) is 18.7. The molecule has 2 aromatic rings. The van der Waals surface area contributed by atoms with Crippen LogP contribution < -0.4 is 5.56 Å². The molecule has 0 spiro atoms. The van der Waals surface area contributed by atoms with E-state index in [1.165, 1.54) is 18.5 Å². The molecule has 0 saturated carbocycles. The second-order valence-electron chi connectivity index (χ2n) is 5.91. The Bertz CT molecular complexity index is 894. The van der Waals surface area contributed by atoms with Crippen LogP contribution in [0.3, 0.4) is 0 Å².